The first-order valence-electron chi connectivity index (χ1n) is 5.73. The first-order chi connectivity index (χ1) is 9.15. The van der Waals surface area contributed by atoms with Gasteiger partial charge in [-0.3, -0.25) is 4.79 Å². The zero-order valence-electron chi connectivity index (χ0n) is 10.0. The first kappa shape index (κ1) is 14.1. The highest BCUT2D eigenvalue weighted by Gasteiger charge is 2.06. The summed E-state index contributed by atoms with van der Waals surface area (Å²) in [5, 5.41) is 4.68. The van der Waals surface area contributed by atoms with Crippen LogP contribution in [0.4, 0.5) is 4.39 Å². The fourth-order valence-electron chi connectivity index (χ4n) is 1.59. The molecule has 0 aliphatic rings. The maximum absolute atomic E-state index is 13.1. The minimum Gasteiger partial charge on any atom is -0.350 e. The van der Waals surface area contributed by atoms with Gasteiger partial charge in [-0.2, -0.15) is 0 Å². The Morgan fingerprint density at radius 3 is 3.05 bits per heavy atom. The highest BCUT2D eigenvalue weighted by molar-refractivity contribution is 9.10. The minimum absolute atomic E-state index is 0.0656. The molecule has 0 atom stereocenters. The molecule has 1 aromatic carbocycles. The smallest absolute Gasteiger partial charge is 0.220 e. The molecule has 6 heteroatoms. The van der Waals surface area contributed by atoms with Crippen molar-refractivity contribution < 1.29 is 9.18 Å². The number of hydrogen-bond acceptors (Lipinski definition) is 3. The summed E-state index contributed by atoms with van der Waals surface area (Å²) in [6.45, 7) is 0.437. The third-order valence-electron chi connectivity index (χ3n) is 2.58. The van der Waals surface area contributed by atoms with Gasteiger partial charge in [-0.25, -0.2) is 9.37 Å². The van der Waals surface area contributed by atoms with E-state index in [1.54, 1.807) is 11.6 Å². The number of carbonyl (C=O) groups is 1. The van der Waals surface area contributed by atoms with Crippen LogP contribution in [0, 0.1) is 5.82 Å². The van der Waals surface area contributed by atoms with Gasteiger partial charge in [0.25, 0.3) is 0 Å². The van der Waals surface area contributed by atoms with Gasteiger partial charge in [0, 0.05) is 16.3 Å². The van der Waals surface area contributed by atoms with Gasteiger partial charge in [0.05, 0.1) is 17.7 Å². The Labute approximate surface area is 123 Å². The van der Waals surface area contributed by atoms with Gasteiger partial charge in [-0.1, -0.05) is 15.9 Å². The number of aromatic nitrogens is 1. The predicted molar refractivity (Wildman–Crippen MR) is 76.4 cm³/mol. The lowest BCUT2D eigenvalue weighted by molar-refractivity contribution is -0.121. The van der Waals surface area contributed by atoms with Gasteiger partial charge in [0.2, 0.25) is 5.91 Å². The molecule has 1 amide bonds. The van der Waals surface area contributed by atoms with Crippen LogP contribution in [0.15, 0.2) is 33.6 Å². The van der Waals surface area contributed by atoms with Crippen LogP contribution in [0.2, 0.25) is 0 Å². The molecular formula is C13H12BrFN2OS. The van der Waals surface area contributed by atoms with Crippen molar-refractivity contribution in [1.82, 2.24) is 10.3 Å². The number of halogens is 2. The van der Waals surface area contributed by atoms with Gasteiger partial charge in [-0.15, -0.1) is 11.3 Å². The van der Waals surface area contributed by atoms with Crippen LogP contribution < -0.4 is 5.32 Å². The summed E-state index contributed by atoms with van der Waals surface area (Å²) in [5.41, 5.74) is 3.37. The lowest BCUT2D eigenvalue weighted by Crippen LogP contribution is -2.23. The van der Waals surface area contributed by atoms with Crippen molar-refractivity contribution in [2.45, 2.75) is 19.4 Å². The van der Waals surface area contributed by atoms with E-state index in [9.17, 15) is 9.18 Å². The Bertz CT molecular complexity index is 560. The normalized spacial score (nSPS) is 10.4. The van der Waals surface area contributed by atoms with E-state index in [-0.39, 0.29) is 11.7 Å². The van der Waals surface area contributed by atoms with E-state index >= 15 is 0 Å². The molecule has 0 aliphatic carbocycles. The maximum atomic E-state index is 13.1. The SMILES string of the molecule is O=C(CCc1cc(F)ccc1Br)NCc1cscn1. The summed E-state index contributed by atoms with van der Waals surface area (Å²) < 4.78 is 13.9. The standard InChI is InChI=1S/C13H12BrFN2OS/c14-12-3-2-10(15)5-9(12)1-4-13(18)16-6-11-7-19-8-17-11/h2-3,5,7-8H,1,4,6H2,(H,16,18). The Kier molecular flexibility index (Phi) is 5.04. The Morgan fingerprint density at radius 1 is 1.47 bits per heavy atom. The second kappa shape index (κ2) is 6.77. The van der Waals surface area contributed by atoms with Crippen LogP contribution in [0.1, 0.15) is 17.7 Å². The molecule has 0 fully saturated rings. The van der Waals surface area contributed by atoms with Gasteiger partial charge in [0.1, 0.15) is 5.82 Å². The van der Waals surface area contributed by atoms with E-state index in [0.717, 1.165) is 15.7 Å². The number of aryl methyl sites for hydroxylation is 1. The fourth-order valence-corrected chi connectivity index (χ4v) is 2.59. The number of nitrogens with zero attached hydrogens (tertiary/aromatic N) is 1. The van der Waals surface area contributed by atoms with Crippen LogP contribution >= 0.6 is 27.3 Å². The molecule has 0 aliphatic heterocycles. The molecule has 19 heavy (non-hydrogen) atoms. The van der Waals surface area contributed by atoms with E-state index in [2.05, 4.69) is 26.2 Å². The molecule has 100 valence electrons. The molecule has 0 radical (unpaired) electrons. The molecule has 0 saturated carbocycles. The van der Waals surface area contributed by atoms with Crippen molar-refractivity contribution in [2.24, 2.45) is 0 Å². The fraction of sp³-hybridized carbons (Fsp3) is 0.231. The summed E-state index contributed by atoms with van der Waals surface area (Å²) >= 11 is 4.84. The van der Waals surface area contributed by atoms with Crippen LogP contribution in [-0.2, 0) is 17.8 Å². The minimum atomic E-state index is -0.291. The average molecular weight is 343 g/mol. The molecule has 2 rings (SSSR count). The number of nitrogens with one attached hydrogen (secondary N) is 1. The van der Waals surface area contributed by atoms with Crippen LogP contribution in [0.25, 0.3) is 0 Å². The second-order valence-electron chi connectivity index (χ2n) is 3.99. The summed E-state index contributed by atoms with van der Waals surface area (Å²) in [6, 6.07) is 4.48. The topological polar surface area (TPSA) is 42.0 Å². The number of amides is 1. The first-order valence-corrected chi connectivity index (χ1v) is 7.46. The molecule has 1 N–H and O–H groups in total. The molecule has 1 aromatic heterocycles. The van der Waals surface area contributed by atoms with Crippen molar-refractivity contribution in [1.29, 1.82) is 0 Å². The number of benzene rings is 1. The summed E-state index contributed by atoms with van der Waals surface area (Å²) in [5.74, 6) is -0.356. The highest BCUT2D eigenvalue weighted by atomic mass is 79.9. The van der Waals surface area contributed by atoms with Crippen molar-refractivity contribution in [3.63, 3.8) is 0 Å². The molecule has 0 saturated heterocycles. The van der Waals surface area contributed by atoms with E-state index < -0.39 is 0 Å². The zero-order valence-corrected chi connectivity index (χ0v) is 12.4. The van der Waals surface area contributed by atoms with Gasteiger partial charge in [-0.05, 0) is 30.2 Å². The molecule has 3 nitrogen and oxygen atoms in total. The Morgan fingerprint density at radius 2 is 2.32 bits per heavy atom. The molecule has 0 spiro atoms. The largest absolute Gasteiger partial charge is 0.350 e. The van der Waals surface area contributed by atoms with Crippen molar-refractivity contribution in [3.05, 3.63) is 50.6 Å². The van der Waals surface area contributed by atoms with Crippen LogP contribution in [-0.4, -0.2) is 10.9 Å². The number of rotatable bonds is 5. The van der Waals surface area contributed by atoms with E-state index in [4.69, 9.17) is 0 Å². The summed E-state index contributed by atoms with van der Waals surface area (Å²) in [7, 11) is 0. The lowest BCUT2D eigenvalue weighted by atomic mass is 10.1. The molecule has 1 heterocycles. The predicted octanol–water partition coefficient (Wildman–Crippen LogP) is 3.29. The van der Waals surface area contributed by atoms with E-state index in [1.807, 2.05) is 5.38 Å². The monoisotopic (exact) mass is 342 g/mol. The average Bonchev–Trinajstić information content (AvgIpc) is 2.90. The molecule has 0 bridgehead atoms. The third-order valence-corrected chi connectivity index (χ3v) is 3.99. The van der Waals surface area contributed by atoms with Crippen molar-refractivity contribution >= 4 is 33.2 Å². The van der Waals surface area contributed by atoms with Gasteiger partial charge in [0.15, 0.2) is 0 Å². The number of thiazole rings is 1. The van der Waals surface area contributed by atoms with Crippen molar-refractivity contribution in [3.8, 4) is 0 Å². The van der Waals surface area contributed by atoms with Gasteiger partial charge < -0.3 is 5.32 Å². The molecular weight excluding hydrogens is 331 g/mol. The van der Waals surface area contributed by atoms with E-state index in [0.29, 0.717) is 19.4 Å². The van der Waals surface area contributed by atoms with E-state index in [1.165, 1.54) is 23.5 Å². The quantitative estimate of drug-likeness (QED) is 0.905. The number of carbonyl (C=O) groups excluding carboxylic acids is 1. The van der Waals surface area contributed by atoms with Gasteiger partial charge >= 0.3 is 0 Å². The van der Waals surface area contributed by atoms with Crippen LogP contribution in [0.3, 0.4) is 0 Å². The lowest BCUT2D eigenvalue weighted by Gasteiger charge is -2.05. The summed E-state index contributed by atoms with van der Waals surface area (Å²) in [4.78, 5) is 15.7. The summed E-state index contributed by atoms with van der Waals surface area (Å²) in [6.07, 6.45) is 0.827. The van der Waals surface area contributed by atoms with Crippen LogP contribution in [0.5, 0.6) is 0 Å². The maximum Gasteiger partial charge on any atom is 0.220 e. The van der Waals surface area contributed by atoms with Crippen molar-refractivity contribution in [2.75, 3.05) is 0 Å². The Balaban J connectivity index is 1.81. The second-order valence-corrected chi connectivity index (χ2v) is 5.57. The number of hydrogen-bond donors (Lipinski definition) is 1. The third kappa shape index (κ3) is 4.40. The highest BCUT2D eigenvalue weighted by Crippen LogP contribution is 2.19. The molecule has 2 aromatic rings. The molecule has 0 unspecified atom stereocenters. The zero-order chi connectivity index (χ0) is 13.7. The Hall–Kier alpha value is -1.27.